The van der Waals surface area contributed by atoms with Crippen LogP contribution in [0.4, 0.5) is 4.79 Å². The number of benzene rings is 3. The zero-order chi connectivity index (χ0) is 31.6. The van der Waals surface area contributed by atoms with Gasteiger partial charge in [0, 0.05) is 16.1 Å². The Kier molecular flexibility index (Phi) is 11.0. The van der Waals surface area contributed by atoms with Gasteiger partial charge in [-0.1, -0.05) is 48.9 Å². The molecule has 1 saturated heterocycles. The van der Waals surface area contributed by atoms with Gasteiger partial charge in [-0.2, -0.15) is 0 Å². The van der Waals surface area contributed by atoms with Gasteiger partial charge in [-0.3, -0.25) is 19.8 Å². The molecule has 3 aromatic rings. The monoisotopic (exact) mass is 618 g/mol. The van der Waals surface area contributed by atoms with Crippen LogP contribution >= 0.6 is 11.6 Å². The first-order valence-electron chi connectivity index (χ1n) is 14.2. The molecule has 1 aliphatic rings. The van der Waals surface area contributed by atoms with Crippen molar-refractivity contribution in [1.82, 2.24) is 10.2 Å². The first kappa shape index (κ1) is 32.2. The maximum absolute atomic E-state index is 13.5. The topological polar surface area (TPSA) is 103 Å². The van der Waals surface area contributed by atoms with E-state index in [1.54, 1.807) is 42.5 Å². The molecule has 9 nitrogen and oxygen atoms in total. The minimum atomic E-state index is -0.812. The van der Waals surface area contributed by atoms with Gasteiger partial charge < -0.3 is 18.9 Å². The van der Waals surface area contributed by atoms with E-state index < -0.39 is 17.8 Å². The van der Waals surface area contributed by atoms with Crippen LogP contribution in [-0.2, 0) is 29.2 Å². The Morgan fingerprint density at radius 2 is 1.73 bits per heavy atom. The maximum atomic E-state index is 13.5. The molecule has 0 aliphatic carbocycles. The highest BCUT2D eigenvalue weighted by atomic mass is 35.5. The van der Waals surface area contributed by atoms with Gasteiger partial charge in [0.1, 0.15) is 12.2 Å². The molecule has 230 valence electrons. The van der Waals surface area contributed by atoms with Crippen LogP contribution < -0.4 is 24.3 Å². The van der Waals surface area contributed by atoms with E-state index in [-0.39, 0.29) is 18.7 Å². The molecule has 0 bridgehead atoms. The molecule has 1 aliphatic heterocycles. The van der Waals surface area contributed by atoms with Crippen molar-refractivity contribution in [2.75, 3.05) is 20.3 Å². The first-order valence-corrected chi connectivity index (χ1v) is 14.6. The Bertz CT molecular complexity index is 1580. The molecule has 10 heteroatoms. The SMILES string of the molecule is C=CCc1cc(/C=C2\C(=O)NC(=O)N(Cc3ccc(OCCC)c(OC)c3)C2=O)cc(OCC)c1OCc1ccccc1Cl. The minimum absolute atomic E-state index is 0.0829. The summed E-state index contributed by atoms with van der Waals surface area (Å²) in [6, 6.07) is 15.2. The number of ether oxygens (including phenoxy) is 4. The number of barbiturate groups is 1. The Morgan fingerprint density at radius 3 is 2.43 bits per heavy atom. The van der Waals surface area contributed by atoms with Crippen LogP contribution in [0.5, 0.6) is 23.0 Å². The minimum Gasteiger partial charge on any atom is -0.493 e. The number of methoxy groups -OCH3 is 1. The van der Waals surface area contributed by atoms with Crippen molar-refractivity contribution in [1.29, 1.82) is 0 Å². The Balaban J connectivity index is 1.65. The maximum Gasteiger partial charge on any atom is 0.331 e. The van der Waals surface area contributed by atoms with Crippen LogP contribution in [0, 0.1) is 0 Å². The summed E-state index contributed by atoms with van der Waals surface area (Å²) in [5.74, 6) is 0.446. The van der Waals surface area contributed by atoms with Crippen molar-refractivity contribution in [2.24, 2.45) is 0 Å². The van der Waals surface area contributed by atoms with Crippen molar-refractivity contribution in [2.45, 2.75) is 39.8 Å². The molecule has 3 aromatic carbocycles. The van der Waals surface area contributed by atoms with E-state index in [1.807, 2.05) is 32.0 Å². The molecule has 0 radical (unpaired) electrons. The number of hydrogen-bond acceptors (Lipinski definition) is 7. The molecule has 0 atom stereocenters. The second-order valence-corrected chi connectivity index (χ2v) is 10.3. The highest BCUT2D eigenvalue weighted by molar-refractivity contribution is 6.31. The van der Waals surface area contributed by atoms with E-state index >= 15 is 0 Å². The van der Waals surface area contributed by atoms with E-state index in [9.17, 15) is 14.4 Å². The number of rotatable bonds is 14. The average molecular weight is 619 g/mol. The van der Waals surface area contributed by atoms with Crippen molar-refractivity contribution < 1.29 is 33.3 Å². The Labute approximate surface area is 262 Å². The summed E-state index contributed by atoms with van der Waals surface area (Å²) in [7, 11) is 1.51. The molecule has 4 rings (SSSR count). The summed E-state index contributed by atoms with van der Waals surface area (Å²) >= 11 is 6.32. The van der Waals surface area contributed by atoms with Crippen molar-refractivity contribution in [3.05, 3.63) is 100 Å². The van der Waals surface area contributed by atoms with E-state index in [1.165, 1.54) is 13.2 Å². The predicted molar refractivity (Wildman–Crippen MR) is 168 cm³/mol. The van der Waals surface area contributed by atoms with Gasteiger partial charge in [-0.05, 0) is 67.3 Å². The summed E-state index contributed by atoms with van der Waals surface area (Å²) in [5.41, 5.74) is 2.48. The van der Waals surface area contributed by atoms with Crippen molar-refractivity contribution >= 4 is 35.5 Å². The highest BCUT2D eigenvalue weighted by Crippen LogP contribution is 2.36. The Morgan fingerprint density at radius 1 is 0.932 bits per heavy atom. The lowest BCUT2D eigenvalue weighted by atomic mass is 10.0. The van der Waals surface area contributed by atoms with Gasteiger partial charge >= 0.3 is 6.03 Å². The third-order valence-electron chi connectivity index (χ3n) is 6.68. The molecule has 1 heterocycles. The summed E-state index contributed by atoms with van der Waals surface area (Å²) in [6.45, 7) is 8.69. The third-order valence-corrected chi connectivity index (χ3v) is 7.04. The normalized spacial score (nSPS) is 14.0. The predicted octanol–water partition coefficient (Wildman–Crippen LogP) is 6.51. The smallest absolute Gasteiger partial charge is 0.331 e. The summed E-state index contributed by atoms with van der Waals surface area (Å²) in [4.78, 5) is 40.1. The first-order chi connectivity index (χ1) is 21.3. The number of urea groups is 1. The van der Waals surface area contributed by atoms with E-state index in [2.05, 4.69) is 11.9 Å². The molecule has 1 fully saturated rings. The van der Waals surface area contributed by atoms with Crippen molar-refractivity contribution in [3.8, 4) is 23.0 Å². The number of carbonyl (C=O) groups excluding carboxylic acids is 3. The molecule has 0 unspecified atom stereocenters. The van der Waals surface area contributed by atoms with Crippen LogP contribution in [0.2, 0.25) is 5.02 Å². The fourth-order valence-electron chi connectivity index (χ4n) is 4.59. The lowest BCUT2D eigenvalue weighted by Gasteiger charge is -2.26. The van der Waals surface area contributed by atoms with E-state index in [0.717, 1.165) is 22.4 Å². The molecular weight excluding hydrogens is 584 g/mol. The molecule has 0 spiro atoms. The number of carbonyl (C=O) groups is 3. The molecule has 0 saturated carbocycles. The van der Waals surface area contributed by atoms with Crippen LogP contribution in [0.3, 0.4) is 0 Å². The lowest BCUT2D eigenvalue weighted by molar-refractivity contribution is -0.130. The van der Waals surface area contributed by atoms with Gasteiger partial charge in [0.15, 0.2) is 23.0 Å². The number of allylic oxidation sites excluding steroid dienone is 1. The summed E-state index contributed by atoms with van der Waals surface area (Å²) in [6.07, 6.45) is 4.41. The molecular formula is C34H35ClN2O7. The van der Waals surface area contributed by atoms with E-state index in [4.69, 9.17) is 30.5 Å². The van der Waals surface area contributed by atoms with Crippen LogP contribution in [0.25, 0.3) is 6.08 Å². The molecule has 0 aromatic heterocycles. The lowest BCUT2D eigenvalue weighted by Crippen LogP contribution is -2.53. The quantitative estimate of drug-likeness (QED) is 0.125. The van der Waals surface area contributed by atoms with Crippen LogP contribution in [0.1, 0.15) is 42.5 Å². The fourth-order valence-corrected chi connectivity index (χ4v) is 4.78. The fraction of sp³-hybridized carbons (Fsp3) is 0.265. The molecule has 1 N–H and O–H groups in total. The van der Waals surface area contributed by atoms with Crippen LogP contribution in [-0.4, -0.2) is 43.1 Å². The zero-order valence-electron chi connectivity index (χ0n) is 25.0. The highest BCUT2D eigenvalue weighted by Gasteiger charge is 2.36. The van der Waals surface area contributed by atoms with Crippen LogP contribution in [0.15, 0.2) is 72.8 Å². The second-order valence-electron chi connectivity index (χ2n) is 9.86. The van der Waals surface area contributed by atoms with Gasteiger partial charge in [-0.15, -0.1) is 6.58 Å². The number of nitrogens with one attached hydrogen (secondary N) is 1. The van der Waals surface area contributed by atoms with Gasteiger partial charge in [0.25, 0.3) is 11.8 Å². The van der Waals surface area contributed by atoms with Crippen molar-refractivity contribution in [3.63, 3.8) is 0 Å². The summed E-state index contributed by atoms with van der Waals surface area (Å²) < 4.78 is 23.2. The number of hydrogen-bond donors (Lipinski definition) is 1. The largest absolute Gasteiger partial charge is 0.493 e. The standard InChI is InChI=1S/C34H35ClN2O7/c1-5-10-24-16-23(19-30(42-7-3)31(24)44-21-25-11-8-9-12-27(25)35)17-26-32(38)36-34(40)37(33(26)39)20-22-13-14-28(43-15-6-2)29(18-22)41-4/h5,8-9,11-14,16-19H,1,6-7,10,15,20-21H2,2-4H3,(H,36,38,40)/b26-17+. The molecule has 4 amide bonds. The number of amides is 4. The van der Waals surface area contributed by atoms with Gasteiger partial charge in [0.2, 0.25) is 0 Å². The summed E-state index contributed by atoms with van der Waals surface area (Å²) in [5, 5.41) is 2.85. The van der Waals surface area contributed by atoms with Gasteiger partial charge in [-0.25, -0.2) is 4.79 Å². The number of nitrogens with zero attached hydrogens (tertiary/aromatic N) is 1. The number of halogens is 1. The number of imide groups is 2. The zero-order valence-corrected chi connectivity index (χ0v) is 25.7. The third kappa shape index (κ3) is 7.60. The molecule has 44 heavy (non-hydrogen) atoms. The van der Waals surface area contributed by atoms with Gasteiger partial charge in [0.05, 0.1) is 26.9 Å². The second kappa shape index (κ2) is 15.1. The van der Waals surface area contributed by atoms with E-state index in [0.29, 0.717) is 58.8 Å². The Hall–Kier alpha value is -4.76. The average Bonchev–Trinajstić information content (AvgIpc) is 3.01.